The van der Waals surface area contributed by atoms with E-state index >= 15 is 0 Å². The predicted molar refractivity (Wildman–Crippen MR) is 129 cm³/mol. The van der Waals surface area contributed by atoms with E-state index in [0.717, 1.165) is 27.3 Å². The van der Waals surface area contributed by atoms with Crippen LogP contribution in [0.25, 0.3) is 0 Å². The number of carbonyl (C=O) groups is 1. The summed E-state index contributed by atoms with van der Waals surface area (Å²) in [5, 5.41) is 12.7. The normalized spacial score (nSPS) is 10.9. The van der Waals surface area contributed by atoms with Crippen LogP contribution in [0.5, 0.6) is 5.75 Å². The van der Waals surface area contributed by atoms with Crippen LogP contribution < -0.4 is 14.4 Å². The van der Waals surface area contributed by atoms with Crippen LogP contribution in [0.3, 0.4) is 0 Å². The molecule has 0 aromatic heterocycles. The number of carbonyl (C=O) groups excluding carboxylic acids is 1. The molecule has 33 heavy (non-hydrogen) atoms. The Morgan fingerprint density at radius 1 is 1.09 bits per heavy atom. The fourth-order valence-electron chi connectivity index (χ4n) is 3.25. The fourth-order valence-corrected chi connectivity index (χ4v) is 3.75. The van der Waals surface area contributed by atoms with Crippen molar-refractivity contribution >= 4 is 27.3 Å². The number of nitrogens with one attached hydrogen (secondary N) is 1. The number of benzene rings is 3. The minimum absolute atomic E-state index is 0.0394. The average Bonchev–Trinajstić information content (AvgIpc) is 2.79. The summed E-state index contributed by atoms with van der Waals surface area (Å²) in [5.41, 5.74) is 3.87. The lowest BCUT2D eigenvalue weighted by molar-refractivity contribution is 0.102. The average molecular weight is 464 g/mol. The van der Waals surface area contributed by atoms with Gasteiger partial charge in [0.2, 0.25) is 10.0 Å². The summed E-state index contributed by atoms with van der Waals surface area (Å²) in [4.78, 5) is 12.7. The van der Waals surface area contributed by atoms with E-state index in [-0.39, 0.29) is 29.3 Å². The van der Waals surface area contributed by atoms with Crippen LogP contribution in [-0.4, -0.2) is 27.6 Å². The first-order valence-corrected chi connectivity index (χ1v) is 12.0. The SMILES string of the molecule is Cc1ccc(C)c(COc2c(N(C)S(C)(=O)=O)ccc(NC(=O)c3ccccc3)c2C#N)c1. The van der Waals surface area contributed by atoms with Crippen molar-refractivity contribution in [2.45, 2.75) is 20.5 Å². The van der Waals surface area contributed by atoms with Crippen molar-refractivity contribution in [2.24, 2.45) is 0 Å². The van der Waals surface area contributed by atoms with E-state index in [4.69, 9.17) is 4.74 Å². The minimum Gasteiger partial charge on any atom is -0.485 e. The van der Waals surface area contributed by atoms with E-state index in [1.807, 2.05) is 32.0 Å². The Morgan fingerprint density at radius 2 is 1.79 bits per heavy atom. The standard InChI is InChI=1S/C25H25N3O4S/c1-17-10-11-18(2)20(14-17)16-32-24-21(15-26)22(12-13-23(24)28(3)33(4,30)31)27-25(29)19-8-6-5-7-9-19/h5-14H,16H2,1-4H3,(H,27,29). The van der Waals surface area contributed by atoms with Gasteiger partial charge in [-0.3, -0.25) is 9.10 Å². The lowest BCUT2D eigenvalue weighted by atomic mass is 10.1. The second-order valence-corrected chi connectivity index (χ2v) is 9.73. The summed E-state index contributed by atoms with van der Waals surface area (Å²) >= 11 is 0. The Hall–Kier alpha value is -3.83. The number of nitriles is 1. The highest BCUT2D eigenvalue weighted by Crippen LogP contribution is 2.38. The van der Waals surface area contributed by atoms with Crippen LogP contribution in [0.4, 0.5) is 11.4 Å². The smallest absolute Gasteiger partial charge is 0.255 e. The molecule has 7 nitrogen and oxygen atoms in total. The van der Waals surface area contributed by atoms with Crippen LogP contribution in [0.2, 0.25) is 0 Å². The van der Waals surface area contributed by atoms with Gasteiger partial charge in [-0.05, 0) is 49.2 Å². The minimum atomic E-state index is -3.62. The molecule has 3 rings (SSSR count). The molecule has 8 heteroatoms. The molecule has 0 aliphatic rings. The zero-order chi connectivity index (χ0) is 24.2. The van der Waals surface area contributed by atoms with E-state index in [2.05, 4.69) is 11.4 Å². The number of anilines is 2. The van der Waals surface area contributed by atoms with Crippen molar-refractivity contribution in [1.82, 2.24) is 0 Å². The molecule has 0 bridgehead atoms. The summed E-state index contributed by atoms with van der Waals surface area (Å²) < 4.78 is 31.5. The third kappa shape index (κ3) is 5.51. The molecule has 170 valence electrons. The van der Waals surface area contributed by atoms with Gasteiger partial charge in [-0.25, -0.2) is 8.42 Å². The maximum absolute atomic E-state index is 12.7. The molecule has 0 unspecified atom stereocenters. The molecule has 0 atom stereocenters. The van der Waals surface area contributed by atoms with Crippen LogP contribution in [-0.2, 0) is 16.6 Å². The summed E-state index contributed by atoms with van der Waals surface area (Å²) in [6.45, 7) is 4.04. The monoisotopic (exact) mass is 463 g/mol. The van der Waals surface area contributed by atoms with Crippen molar-refractivity contribution < 1.29 is 17.9 Å². The number of rotatable bonds is 7. The fraction of sp³-hybridized carbons (Fsp3) is 0.200. The number of hydrogen-bond donors (Lipinski definition) is 1. The first kappa shape index (κ1) is 23.8. The summed E-state index contributed by atoms with van der Waals surface area (Å²) in [5.74, 6) is -0.311. The molecular weight excluding hydrogens is 438 g/mol. The highest BCUT2D eigenvalue weighted by molar-refractivity contribution is 7.92. The first-order valence-electron chi connectivity index (χ1n) is 10.2. The van der Waals surface area contributed by atoms with Gasteiger partial charge in [0.05, 0.1) is 17.6 Å². The molecule has 1 amide bonds. The van der Waals surface area contributed by atoms with Gasteiger partial charge in [0.1, 0.15) is 18.2 Å². The third-order valence-electron chi connectivity index (χ3n) is 5.25. The molecule has 3 aromatic rings. The number of hydrogen-bond acceptors (Lipinski definition) is 5. The summed E-state index contributed by atoms with van der Waals surface area (Å²) in [6.07, 6.45) is 1.07. The van der Waals surface area contributed by atoms with E-state index in [9.17, 15) is 18.5 Å². The van der Waals surface area contributed by atoms with Crippen molar-refractivity contribution in [3.8, 4) is 11.8 Å². The first-order chi connectivity index (χ1) is 15.6. The number of sulfonamides is 1. The van der Waals surface area contributed by atoms with Crippen LogP contribution in [0.1, 0.15) is 32.6 Å². The van der Waals surface area contributed by atoms with Crippen molar-refractivity contribution in [3.05, 3.63) is 88.5 Å². The number of ether oxygens (including phenoxy) is 1. The van der Waals surface area contributed by atoms with E-state index in [1.165, 1.54) is 19.2 Å². The van der Waals surface area contributed by atoms with Crippen LogP contribution in [0.15, 0.2) is 60.7 Å². The zero-order valence-corrected chi connectivity index (χ0v) is 19.7. The second kappa shape index (κ2) is 9.76. The number of amides is 1. The molecule has 0 fully saturated rings. The Balaban J connectivity index is 2.06. The molecule has 0 saturated heterocycles. The Bertz CT molecular complexity index is 1330. The lowest BCUT2D eigenvalue weighted by Crippen LogP contribution is -2.26. The second-order valence-electron chi connectivity index (χ2n) is 7.72. The van der Waals surface area contributed by atoms with Crippen LogP contribution in [0, 0.1) is 25.2 Å². The Kier molecular flexibility index (Phi) is 7.04. The Labute approximate surface area is 194 Å². The third-order valence-corrected chi connectivity index (χ3v) is 6.44. The summed E-state index contributed by atoms with van der Waals surface area (Å²) in [6, 6.07) is 19.6. The maximum Gasteiger partial charge on any atom is 0.255 e. The van der Waals surface area contributed by atoms with Gasteiger partial charge in [0.15, 0.2) is 5.75 Å². The van der Waals surface area contributed by atoms with Gasteiger partial charge in [0.25, 0.3) is 5.91 Å². The number of nitrogens with zero attached hydrogens (tertiary/aromatic N) is 2. The number of aryl methyl sites for hydroxylation is 2. The molecule has 0 spiro atoms. The highest BCUT2D eigenvalue weighted by Gasteiger charge is 2.23. The molecular formula is C25H25N3O4S. The van der Waals surface area contributed by atoms with Gasteiger partial charge in [-0.1, -0.05) is 42.0 Å². The predicted octanol–water partition coefficient (Wildman–Crippen LogP) is 4.40. The maximum atomic E-state index is 12.7. The van der Waals surface area contributed by atoms with Gasteiger partial charge in [0, 0.05) is 12.6 Å². The van der Waals surface area contributed by atoms with E-state index < -0.39 is 15.9 Å². The van der Waals surface area contributed by atoms with Crippen molar-refractivity contribution in [1.29, 1.82) is 5.26 Å². The summed E-state index contributed by atoms with van der Waals surface area (Å²) in [7, 11) is -2.24. The van der Waals surface area contributed by atoms with Gasteiger partial charge in [-0.15, -0.1) is 0 Å². The lowest BCUT2D eigenvalue weighted by Gasteiger charge is -2.23. The molecule has 1 N–H and O–H groups in total. The van der Waals surface area contributed by atoms with Gasteiger partial charge in [-0.2, -0.15) is 5.26 Å². The van der Waals surface area contributed by atoms with Crippen molar-refractivity contribution in [3.63, 3.8) is 0 Å². The quantitative estimate of drug-likeness (QED) is 0.560. The molecule has 0 aliphatic carbocycles. The Morgan fingerprint density at radius 3 is 2.42 bits per heavy atom. The van der Waals surface area contributed by atoms with Gasteiger partial charge >= 0.3 is 0 Å². The van der Waals surface area contributed by atoms with Crippen molar-refractivity contribution in [2.75, 3.05) is 22.9 Å². The topological polar surface area (TPSA) is 99.5 Å². The van der Waals surface area contributed by atoms with E-state index in [1.54, 1.807) is 30.3 Å². The molecule has 0 heterocycles. The highest BCUT2D eigenvalue weighted by atomic mass is 32.2. The van der Waals surface area contributed by atoms with Crippen LogP contribution >= 0.6 is 0 Å². The molecule has 0 radical (unpaired) electrons. The van der Waals surface area contributed by atoms with E-state index in [0.29, 0.717) is 5.56 Å². The van der Waals surface area contributed by atoms with Gasteiger partial charge < -0.3 is 10.1 Å². The molecule has 0 saturated carbocycles. The molecule has 3 aromatic carbocycles. The molecule has 0 aliphatic heterocycles. The largest absolute Gasteiger partial charge is 0.485 e. The zero-order valence-electron chi connectivity index (χ0n) is 18.9.